The van der Waals surface area contributed by atoms with Crippen LogP contribution in [0.15, 0.2) is 12.4 Å². The van der Waals surface area contributed by atoms with Crippen LogP contribution < -0.4 is 5.73 Å². The second-order valence-corrected chi connectivity index (χ2v) is 2.55. The molecule has 1 unspecified atom stereocenters. The summed E-state index contributed by atoms with van der Waals surface area (Å²) in [5.74, 6) is 6.64. The van der Waals surface area contributed by atoms with E-state index in [9.17, 15) is 0 Å². The van der Waals surface area contributed by atoms with E-state index in [-0.39, 0.29) is 6.04 Å². The summed E-state index contributed by atoms with van der Waals surface area (Å²) >= 11 is 0. The molecule has 0 aliphatic heterocycles. The van der Waals surface area contributed by atoms with Crippen LogP contribution in [0.5, 0.6) is 0 Å². The van der Waals surface area contributed by atoms with Gasteiger partial charge in [0.05, 0.1) is 6.04 Å². The van der Waals surface area contributed by atoms with Gasteiger partial charge in [-0.15, -0.1) is 11.8 Å². The molecule has 64 valence electrons. The van der Waals surface area contributed by atoms with E-state index in [1.54, 1.807) is 12.4 Å². The van der Waals surface area contributed by atoms with E-state index >= 15 is 0 Å². The summed E-state index contributed by atoms with van der Waals surface area (Å²) < 4.78 is 0. The van der Waals surface area contributed by atoms with Crippen molar-refractivity contribution in [2.24, 2.45) is 5.73 Å². The van der Waals surface area contributed by atoms with Crippen molar-refractivity contribution in [1.82, 2.24) is 9.97 Å². The van der Waals surface area contributed by atoms with E-state index in [0.29, 0.717) is 0 Å². The molecule has 0 aromatic carbocycles. The third-order valence-corrected chi connectivity index (χ3v) is 1.63. The maximum atomic E-state index is 5.82. The molecule has 0 amide bonds. The van der Waals surface area contributed by atoms with Crippen LogP contribution in [0.1, 0.15) is 31.6 Å². The van der Waals surface area contributed by atoms with Crippen LogP contribution in [-0.2, 0) is 0 Å². The summed E-state index contributed by atoms with van der Waals surface area (Å²) in [6.07, 6.45) is 5.17. The predicted octanol–water partition coefficient (Wildman–Crippen LogP) is 1.21. The number of nitrogens with one attached hydrogen (secondary N) is 1. The second kappa shape index (κ2) is 4.58. The van der Waals surface area contributed by atoms with Crippen molar-refractivity contribution < 1.29 is 0 Å². The Balaban J connectivity index is 2.37. The fraction of sp³-hybridized carbons (Fsp3) is 0.444. The first-order valence-electron chi connectivity index (χ1n) is 3.99. The Kier molecular flexibility index (Phi) is 3.36. The zero-order valence-electron chi connectivity index (χ0n) is 7.17. The number of nitrogens with two attached hydrogens (primary N) is 1. The molecule has 1 heterocycles. The largest absolute Gasteiger partial charge is 0.347 e. The van der Waals surface area contributed by atoms with Crippen LogP contribution in [-0.4, -0.2) is 9.97 Å². The topological polar surface area (TPSA) is 54.7 Å². The minimum absolute atomic E-state index is 0.0131. The number of hydrogen-bond donors (Lipinski definition) is 2. The van der Waals surface area contributed by atoms with Crippen molar-refractivity contribution >= 4 is 0 Å². The molecule has 0 aliphatic rings. The molecule has 3 nitrogen and oxygen atoms in total. The number of nitrogens with zero attached hydrogens (tertiary/aromatic N) is 1. The summed E-state index contributed by atoms with van der Waals surface area (Å²) in [6, 6.07) is -0.0131. The van der Waals surface area contributed by atoms with Crippen molar-refractivity contribution in [2.75, 3.05) is 0 Å². The first kappa shape index (κ1) is 8.82. The van der Waals surface area contributed by atoms with Crippen molar-refractivity contribution in [3.63, 3.8) is 0 Å². The van der Waals surface area contributed by atoms with Crippen LogP contribution >= 0.6 is 0 Å². The molecule has 3 heteroatoms. The lowest BCUT2D eigenvalue weighted by molar-refractivity contribution is 0.632. The van der Waals surface area contributed by atoms with Crippen molar-refractivity contribution in [3.8, 4) is 11.8 Å². The first-order valence-corrected chi connectivity index (χ1v) is 3.99. The molecule has 1 aromatic rings. The van der Waals surface area contributed by atoms with Gasteiger partial charge in [-0.05, 0) is 13.3 Å². The normalized spacial score (nSPS) is 11.8. The fourth-order valence-electron chi connectivity index (χ4n) is 0.970. The van der Waals surface area contributed by atoms with Gasteiger partial charge in [-0.2, -0.15) is 0 Å². The molecule has 12 heavy (non-hydrogen) atoms. The van der Waals surface area contributed by atoms with Gasteiger partial charge < -0.3 is 10.7 Å². The summed E-state index contributed by atoms with van der Waals surface area (Å²) in [5.41, 5.74) is 5.82. The third-order valence-electron chi connectivity index (χ3n) is 1.63. The lowest BCUT2D eigenvalue weighted by Crippen LogP contribution is -2.11. The molecule has 1 atom stereocenters. The molecule has 3 N–H and O–H groups in total. The van der Waals surface area contributed by atoms with Gasteiger partial charge >= 0.3 is 0 Å². The highest BCUT2D eigenvalue weighted by atomic mass is 14.9. The van der Waals surface area contributed by atoms with Crippen LogP contribution in [0.25, 0.3) is 0 Å². The lowest BCUT2D eigenvalue weighted by Gasteiger charge is -2.04. The van der Waals surface area contributed by atoms with Crippen molar-refractivity contribution in [2.45, 2.75) is 25.8 Å². The van der Waals surface area contributed by atoms with E-state index in [1.807, 2.05) is 6.92 Å². The maximum absolute atomic E-state index is 5.82. The zero-order valence-corrected chi connectivity index (χ0v) is 7.17. The average molecular weight is 163 g/mol. The average Bonchev–Trinajstić information content (AvgIpc) is 2.56. The Hall–Kier alpha value is -1.27. The number of hydrogen-bond acceptors (Lipinski definition) is 2. The number of rotatable bonds is 3. The third kappa shape index (κ3) is 2.40. The maximum Gasteiger partial charge on any atom is 0.123 e. The molecule has 0 saturated heterocycles. The van der Waals surface area contributed by atoms with Gasteiger partial charge in [-0.3, -0.25) is 0 Å². The molecular formula is C9H13N3. The summed E-state index contributed by atoms with van der Waals surface area (Å²) in [6.45, 7) is 1.83. The van der Waals surface area contributed by atoms with E-state index < -0.39 is 0 Å². The highest BCUT2D eigenvalue weighted by molar-refractivity contribution is 4.99. The molecule has 1 rings (SSSR count). The molecule has 0 spiro atoms. The van der Waals surface area contributed by atoms with Crippen LogP contribution in [0.2, 0.25) is 0 Å². The van der Waals surface area contributed by atoms with Gasteiger partial charge in [0.2, 0.25) is 0 Å². The van der Waals surface area contributed by atoms with Gasteiger partial charge in [-0.25, -0.2) is 4.98 Å². The molecule has 0 fully saturated rings. The van der Waals surface area contributed by atoms with Gasteiger partial charge in [0.1, 0.15) is 5.82 Å². The van der Waals surface area contributed by atoms with E-state index in [4.69, 9.17) is 5.73 Å². The van der Waals surface area contributed by atoms with Gasteiger partial charge in [0.25, 0.3) is 0 Å². The minimum atomic E-state index is -0.0131. The van der Waals surface area contributed by atoms with Gasteiger partial charge in [0.15, 0.2) is 0 Å². The molecule has 0 radical (unpaired) electrons. The molecule has 0 aliphatic carbocycles. The molecule has 0 saturated carbocycles. The fourth-order valence-corrected chi connectivity index (χ4v) is 0.970. The van der Waals surface area contributed by atoms with Gasteiger partial charge in [0, 0.05) is 18.8 Å². The molecular weight excluding hydrogens is 150 g/mol. The van der Waals surface area contributed by atoms with Crippen molar-refractivity contribution in [1.29, 1.82) is 0 Å². The molecule has 0 bridgehead atoms. The number of aromatic nitrogens is 2. The molecule has 1 aromatic heterocycles. The number of aromatic amines is 1. The van der Waals surface area contributed by atoms with Crippen LogP contribution in [0.4, 0.5) is 0 Å². The number of H-pyrrole nitrogens is 1. The SMILES string of the molecule is CC#CCCC(N)c1ncc[nH]1. The monoisotopic (exact) mass is 163 g/mol. The van der Waals surface area contributed by atoms with Gasteiger partial charge in [-0.1, -0.05) is 0 Å². The summed E-state index contributed by atoms with van der Waals surface area (Å²) in [7, 11) is 0. The smallest absolute Gasteiger partial charge is 0.123 e. The standard InChI is InChI=1S/C9H13N3/c1-2-3-4-5-8(10)9-11-6-7-12-9/h6-8H,4-5,10H2,1H3,(H,11,12). The highest BCUT2D eigenvalue weighted by Crippen LogP contribution is 2.09. The quantitative estimate of drug-likeness (QED) is 0.658. The Morgan fingerprint density at radius 1 is 1.75 bits per heavy atom. The number of imidazole rings is 1. The Labute approximate surface area is 72.4 Å². The Morgan fingerprint density at radius 2 is 2.58 bits per heavy atom. The van der Waals surface area contributed by atoms with Crippen LogP contribution in [0, 0.1) is 11.8 Å². The second-order valence-electron chi connectivity index (χ2n) is 2.55. The Bertz CT molecular complexity index is 266. The summed E-state index contributed by atoms with van der Waals surface area (Å²) in [4.78, 5) is 7.05. The predicted molar refractivity (Wildman–Crippen MR) is 48.2 cm³/mol. The summed E-state index contributed by atoms with van der Waals surface area (Å²) in [5, 5.41) is 0. The first-order chi connectivity index (χ1) is 5.84. The highest BCUT2D eigenvalue weighted by Gasteiger charge is 2.05. The zero-order chi connectivity index (χ0) is 8.81. The Morgan fingerprint density at radius 3 is 3.17 bits per heavy atom. The van der Waals surface area contributed by atoms with E-state index in [2.05, 4.69) is 21.8 Å². The minimum Gasteiger partial charge on any atom is -0.347 e. The van der Waals surface area contributed by atoms with Crippen LogP contribution in [0.3, 0.4) is 0 Å². The van der Waals surface area contributed by atoms with E-state index in [1.165, 1.54) is 0 Å². The van der Waals surface area contributed by atoms with Crippen molar-refractivity contribution in [3.05, 3.63) is 18.2 Å². The van der Waals surface area contributed by atoms with E-state index in [0.717, 1.165) is 18.7 Å². The lowest BCUT2D eigenvalue weighted by atomic mass is 10.1.